The molecular weight excluding hydrogens is 290 g/mol. The van der Waals surface area contributed by atoms with Crippen LogP contribution in [0, 0.1) is 0 Å². The maximum absolute atomic E-state index is 11.8. The minimum absolute atomic E-state index is 0.0549. The second-order valence-corrected chi connectivity index (χ2v) is 5.91. The fraction of sp³-hybridized carbons (Fsp3) is 0.0714. The normalized spacial score (nSPS) is 10.4. The van der Waals surface area contributed by atoms with Crippen LogP contribution in [0.15, 0.2) is 47.4 Å². The van der Waals surface area contributed by atoms with Crippen LogP contribution in [0.25, 0.3) is 11.3 Å². The second-order valence-electron chi connectivity index (χ2n) is 4.02. The zero-order chi connectivity index (χ0) is 13.8. The number of aromatic nitrogens is 2. The molecule has 3 heterocycles. The zero-order valence-corrected chi connectivity index (χ0v) is 12.1. The molecule has 0 radical (unpaired) electrons. The molecule has 0 spiro atoms. The summed E-state index contributed by atoms with van der Waals surface area (Å²) in [6, 6.07) is 7.51. The maximum Gasteiger partial charge on any atom is 0.261 e. The van der Waals surface area contributed by atoms with Crippen molar-refractivity contribution in [1.29, 1.82) is 0 Å². The van der Waals surface area contributed by atoms with Gasteiger partial charge in [0.15, 0.2) is 0 Å². The molecule has 0 bridgehead atoms. The summed E-state index contributed by atoms with van der Waals surface area (Å²) in [6.45, 7) is 0.451. The number of nitrogens with one attached hydrogen (secondary N) is 1. The van der Waals surface area contributed by atoms with E-state index < -0.39 is 0 Å². The van der Waals surface area contributed by atoms with Crippen LogP contribution in [0.5, 0.6) is 0 Å². The van der Waals surface area contributed by atoms with E-state index >= 15 is 0 Å². The number of carbonyl (C=O) groups is 1. The number of thiazole rings is 1. The molecule has 3 rings (SSSR count). The van der Waals surface area contributed by atoms with Gasteiger partial charge in [-0.15, -0.1) is 22.7 Å². The van der Waals surface area contributed by atoms with Gasteiger partial charge in [0.05, 0.1) is 17.1 Å². The molecule has 4 nitrogen and oxygen atoms in total. The van der Waals surface area contributed by atoms with E-state index in [2.05, 4.69) is 15.3 Å². The Bertz CT molecular complexity index is 692. The first kappa shape index (κ1) is 13.0. The highest BCUT2D eigenvalue weighted by Gasteiger charge is 2.08. The van der Waals surface area contributed by atoms with Gasteiger partial charge in [-0.3, -0.25) is 9.78 Å². The highest BCUT2D eigenvalue weighted by Crippen LogP contribution is 2.21. The van der Waals surface area contributed by atoms with Crippen molar-refractivity contribution in [2.45, 2.75) is 6.54 Å². The summed E-state index contributed by atoms with van der Waals surface area (Å²) < 4.78 is 0. The molecule has 6 heteroatoms. The summed E-state index contributed by atoms with van der Waals surface area (Å²) in [5.74, 6) is -0.0549. The predicted molar refractivity (Wildman–Crippen MR) is 80.8 cm³/mol. The van der Waals surface area contributed by atoms with E-state index in [0.717, 1.165) is 21.1 Å². The average Bonchev–Trinajstić information content (AvgIpc) is 3.17. The number of hydrogen-bond donors (Lipinski definition) is 1. The number of pyridine rings is 1. The van der Waals surface area contributed by atoms with Crippen LogP contribution in [0.2, 0.25) is 0 Å². The molecule has 3 aromatic heterocycles. The SMILES string of the molecule is O=C(NCc1nc(-c2ccncc2)cs1)c1cccs1. The van der Waals surface area contributed by atoms with Crippen molar-refractivity contribution < 1.29 is 4.79 Å². The van der Waals surface area contributed by atoms with Crippen LogP contribution in [-0.4, -0.2) is 15.9 Å². The summed E-state index contributed by atoms with van der Waals surface area (Å²) in [5, 5.41) is 7.64. The van der Waals surface area contributed by atoms with Crippen molar-refractivity contribution in [3.63, 3.8) is 0 Å². The van der Waals surface area contributed by atoms with Crippen LogP contribution in [0.1, 0.15) is 14.7 Å². The van der Waals surface area contributed by atoms with Gasteiger partial charge in [0.1, 0.15) is 5.01 Å². The first-order valence-electron chi connectivity index (χ1n) is 5.99. The molecule has 0 atom stereocenters. The summed E-state index contributed by atoms with van der Waals surface area (Å²) in [4.78, 5) is 21.0. The Hall–Kier alpha value is -2.05. The summed E-state index contributed by atoms with van der Waals surface area (Å²) >= 11 is 2.97. The van der Waals surface area contributed by atoms with Gasteiger partial charge in [-0.2, -0.15) is 0 Å². The third-order valence-corrected chi connectivity index (χ3v) is 4.39. The van der Waals surface area contributed by atoms with Crippen molar-refractivity contribution in [3.05, 3.63) is 57.3 Å². The van der Waals surface area contributed by atoms with Crippen molar-refractivity contribution in [3.8, 4) is 11.3 Å². The average molecular weight is 301 g/mol. The molecule has 1 amide bonds. The largest absolute Gasteiger partial charge is 0.345 e. The lowest BCUT2D eigenvalue weighted by molar-refractivity contribution is 0.0955. The smallest absolute Gasteiger partial charge is 0.261 e. The zero-order valence-electron chi connectivity index (χ0n) is 10.4. The van der Waals surface area contributed by atoms with E-state index in [0.29, 0.717) is 6.54 Å². The molecule has 1 N–H and O–H groups in total. The van der Waals surface area contributed by atoms with Crippen LogP contribution >= 0.6 is 22.7 Å². The number of carbonyl (C=O) groups excluding carboxylic acids is 1. The third kappa shape index (κ3) is 2.92. The van der Waals surface area contributed by atoms with Crippen LogP contribution in [0.3, 0.4) is 0 Å². The lowest BCUT2D eigenvalue weighted by atomic mass is 10.2. The van der Waals surface area contributed by atoms with E-state index in [9.17, 15) is 4.79 Å². The van der Waals surface area contributed by atoms with Gasteiger partial charge in [0.2, 0.25) is 0 Å². The van der Waals surface area contributed by atoms with Gasteiger partial charge in [-0.1, -0.05) is 6.07 Å². The van der Waals surface area contributed by atoms with Crippen molar-refractivity contribution in [1.82, 2.24) is 15.3 Å². The van der Waals surface area contributed by atoms with Gasteiger partial charge in [0, 0.05) is 23.3 Å². The van der Waals surface area contributed by atoms with Gasteiger partial charge in [-0.05, 0) is 23.6 Å². The Balaban J connectivity index is 1.65. The fourth-order valence-corrected chi connectivity index (χ4v) is 3.08. The minimum Gasteiger partial charge on any atom is -0.345 e. The molecule has 0 saturated carbocycles. The van der Waals surface area contributed by atoms with Gasteiger partial charge >= 0.3 is 0 Å². The maximum atomic E-state index is 11.8. The Labute approximate surface area is 124 Å². The van der Waals surface area contributed by atoms with Crippen molar-refractivity contribution in [2.24, 2.45) is 0 Å². The van der Waals surface area contributed by atoms with E-state index in [1.807, 2.05) is 35.0 Å². The molecule has 0 aromatic carbocycles. The van der Waals surface area contributed by atoms with E-state index in [4.69, 9.17) is 0 Å². The highest BCUT2D eigenvalue weighted by molar-refractivity contribution is 7.12. The fourth-order valence-electron chi connectivity index (χ4n) is 1.70. The third-order valence-electron chi connectivity index (χ3n) is 2.67. The summed E-state index contributed by atoms with van der Waals surface area (Å²) in [6.07, 6.45) is 3.49. The standard InChI is InChI=1S/C14H11N3OS2/c18-14(12-2-1-7-19-12)16-8-13-17-11(9-20-13)10-3-5-15-6-4-10/h1-7,9H,8H2,(H,16,18). The van der Waals surface area contributed by atoms with Gasteiger partial charge in [-0.25, -0.2) is 4.98 Å². The first-order valence-corrected chi connectivity index (χ1v) is 7.75. The van der Waals surface area contributed by atoms with Crippen LogP contribution in [-0.2, 0) is 6.54 Å². The van der Waals surface area contributed by atoms with Gasteiger partial charge < -0.3 is 5.32 Å². The molecule has 0 saturated heterocycles. The minimum atomic E-state index is -0.0549. The summed E-state index contributed by atoms with van der Waals surface area (Å²) in [7, 11) is 0. The first-order chi connectivity index (χ1) is 9.83. The monoisotopic (exact) mass is 301 g/mol. The summed E-state index contributed by atoms with van der Waals surface area (Å²) in [5.41, 5.74) is 1.95. The lowest BCUT2D eigenvalue weighted by Gasteiger charge is -2.00. The van der Waals surface area contributed by atoms with Crippen molar-refractivity contribution in [2.75, 3.05) is 0 Å². The topological polar surface area (TPSA) is 54.9 Å². The quantitative estimate of drug-likeness (QED) is 0.805. The molecule has 0 aliphatic heterocycles. The number of rotatable bonds is 4. The Morgan fingerprint density at radius 2 is 2.05 bits per heavy atom. The van der Waals surface area contributed by atoms with E-state index in [-0.39, 0.29) is 5.91 Å². The Morgan fingerprint density at radius 3 is 2.80 bits per heavy atom. The number of amides is 1. The Morgan fingerprint density at radius 1 is 1.20 bits per heavy atom. The second kappa shape index (κ2) is 5.94. The molecule has 0 aliphatic carbocycles. The van der Waals surface area contributed by atoms with Crippen LogP contribution < -0.4 is 5.32 Å². The Kier molecular flexibility index (Phi) is 3.85. The highest BCUT2D eigenvalue weighted by atomic mass is 32.1. The predicted octanol–water partition coefficient (Wildman–Crippen LogP) is 3.20. The van der Waals surface area contributed by atoms with Crippen molar-refractivity contribution >= 4 is 28.6 Å². The van der Waals surface area contributed by atoms with Gasteiger partial charge in [0.25, 0.3) is 5.91 Å². The molecule has 0 aliphatic rings. The number of thiophene rings is 1. The number of hydrogen-bond acceptors (Lipinski definition) is 5. The number of nitrogens with zero attached hydrogens (tertiary/aromatic N) is 2. The molecule has 0 fully saturated rings. The molecule has 0 unspecified atom stereocenters. The molecular formula is C14H11N3OS2. The molecule has 3 aromatic rings. The lowest BCUT2D eigenvalue weighted by Crippen LogP contribution is -2.21. The van der Waals surface area contributed by atoms with E-state index in [1.54, 1.807) is 23.7 Å². The van der Waals surface area contributed by atoms with Crippen LogP contribution in [0.4, 0.5) is 0 Å². The van der Waals surface area contributed by atoms with E-state index in [1.165, 1.54) is 11.3 Å². The molecule has 100 valence electrons. The molecule has 20 heavy (non-hydrogen) atoms.